The van der Waals surface area contributed by atoms with Gasteiger partial charge in [0.1, 0.15) is 5.75 Å². The molecule has 0 radical (unpaired) electrons. The summed E-state index contributed by atoms with van der Waals surface area (Å²) in [6.45, 7) is 1.94. The smallest absolute Gasteiger partial charge is 0.203 e. The fraction of sp³-hybridized carbons (Fsp3) is 0.0833. The summed E-state index contributed by atoms with van der Waals surface area (Å²) in [6.07, 6.45) is 0. The van der Waals surface area contributed by atoms with E-state index in [1.807, 2.05) is 13.0 Å². The minimum Gasteiger partial charge on any atom is -0.508 e. The van der Waals surface area contributed by atoms with Gasteiger partial charge in [-0.25, -0.2) is 0 Å². The van der Waals surface area contributed by atoms with Gasteiger partial charge in [0.05, 0.1) is 8.66 Å². The first-order valence-electron chi connectivity index (χ1n) is 4.67. The van der Waals surface area contributed by atoms with Crippen molar-refractivity contribution in [3.05, 3.63) is 50.1 Å². The van der Waals surface area contributed by atoms with Crippen LogP contribution in [-0.4, -0.2) is 10.9 Å². The molecule has 1 N–H and O–H groups in total. The summed E-state index contributed by atoms with van der Waals surface area (Å²) < 4.78 is 0.969. The molecule has 4 heteroatoms. The molecule has 1 aromatic heterocycles. The van der Waals surface area contributed by atoms with Crippen LogP contribution in [0.25, 0.3) is 0 Å². The van der Waals surface area contributed by atoms with Crippen molar-refractivity contribution in [3.63, 3.8) is 0 Å². The van der Waals surface area contributed by atoms with Gasteiger partial charge in [0, 0.05) is 5.56 Å². The lowest BCUT2D eigenvalue weighted by atomic mass is 10.1. The maximum Gasteiger partial charge on any atom is 0.203 e. The van der Waals surface area contributed by atoms with Crippen LogP contribution in [0.5, 0.6) is 5.75 Å². The highest BCUT2D eigenvalue weighted by Crippen LogP contribution is 2.29. The van der Waals surface area contributed by atoms with E-state index in [9.17, 15) is 9.90 Å². The average Bonchev–Trinajstić information content (AvgIpc) is 2.58. The largest absolute Gasteiger partial charge is 0.508 e. The number of thiophene rings is 1. The first-order valence-corrected chi connectivity index (χ1v) is 6.28. The molecular weight excluding hydrogens is 288 g/mol. The Morgan fingerprint density at radius 1 is 1.38 bits per heavy atom. The first kappa shape index (κ1) is 11.4. The number of rotatable bonds is 2. The fourth-order valence-corrected chi connectivity index (χ4v) is 2.86. The molecule has 2 rings (SSSR count). The van der Waals surface area contributed by atoms with Crippen molar-refractivity contribution < 1.29 is 9.90 Å². The predicted octanol–water partition coefficient (Wildman–Crippen LogP) is 3.76. The van der Waals surface area contributed by atoms with Crippen LogP contribution < -0.4 is 0 Å². The molecule has 2 aromatic rings. The zero-order valence-electron chi connectivity index (χ0n) is 8.53. The lowest BCUT2D eigenvalue weighted by Gasteiger charge is -1.98. The molecule has 16 heavy (non-hydrogen) atoms. The standard InChI is InChI=1S/C12H9BrO2S/c1-7-5-10(16-12(7)13)11(15)8-3-2-4-9(14)6-8/h2-6,14H,1H3. The quantitative estimate of drug-likeness (QED) is 0.857. The molecule has 0 spiro atoms. The Balaban J connectivity index is 2.39. The Bertz CT molecular complexity index is 526. The summed E-state index contributed by atoms with van der Waals surface area (Å²) >= 11 is 4.80. The maximum atomic E-state index is 12.0. The summed E-state index contributed by atoms with van der Waals surface area (Å²) in [5, 5.41) is 9.31. The number of carbonyl (C=O) groups excluding carboxylic acids is 1. The highest BCUT2D eigenvalue weighted by molar-refractivity contribution is 9.11. The molecule has 1 aromatic carbocycles. The monoisotopic (exact) mass is 296 g/mol. The topological polar surface area (TPSA) is 37.3 Å². The summed E-state index contributed by atoms with van der Waals surface area (Å²) in [5.74, 6) is 0.0490. The van der Waals surface area contributed by atoms with Gasteiger partial charge in [-0.2, -0.15) is 0 Å². The molecule has 0 unspecified atom stereocenters. The van der Waals surface area contributed by atoms with Crippen molar-refractivity contribution in [2.24, 2.45) is 0 Å². The van der Waals surface area contributed by atoms with E-state index < -0.39 is 0 Å². The highest BCUT2D eigenvalue weighted by atomic mass is 79.9. The number of hydrogen-bond acceptors (Lipinski definition) is 3. The molecule has 1 heterocycles. The second kappa shape index (κ2) is 4.39. The number of aryl methyl sites for hydroxylation is 1. The molecule has 0 aliphatic heterocycles. The van der Waals surface area contributed by atoms with Crippen LogP contribution in [0, 0.1) is 6.92 Å². The number of carbonyl (C=O) groups is 1. The molecule has 0 fully saturated rings. The van der Waals surface area contributed by atoms with Gasteiger partial charge in [-0.15, -0.1) is 11.3 Å². The van der Waals surface area contributed by atoms with E-state index in [1.54, 1.807) is 18.2 Å². The van der Waals surface area contributed by atoms with Crippen LogP contribution in [0.3, 0.4) is 0 Å². The molecule has 0 aliphatic carbocycles. The maximum absolute atomic E-state index is 12.0. The van der Waals surface area contributed by atoms with Gasteiger partial charge >= 0.3 is 0 Å². The van der Waals surface area contributed by atoms with E-state index in [4.69, 9.17) is 0 Å². The zero-order valence-corrected chi connectivity index (χ0v) is 10.9. The molecule has 0 saturated carbocycles. The van der Waals surface area contributed by atoms with Crippen molar-refractivity contribution in [1.82, 2.24) is 0 Å². The number of phenolic OH excluding ortho intramolecular Hbond substituents is 1. The van der Waals surface area contributed by atoms with E-state index in [0.717, 1.165) is 9.35 Å². The lowest BCUT2D eigenvalue weighted by molar-refractivity contribution is 0.104. The normalized spacial score (nSPS) is 10.4. The molecule has 82 valence electrons. The third kappa shape index (κ3) is 2.18. The first-order chi connectivity index (χ1) is 7.58. The summed E-state index contributed by atoms with van der Waals surface area (Å²) in [7, 11) is 0. The van der Waals surface area contributed by atoms with Crippen LogP contribution in [-0.2, 0) is 0 Å². The third-order valence-electron chi connectivity index (χ3n) is 2.19. The molecule has 0 atom stereocenters. The van der Waals surface area contributed by atoms with Crippen LogP contribution in [0.1, 0.15) is 20.8 Å². The fourth-order valence-electron chi connectivity index (χ4n) is 1.36. The van der Waals surface area contributed by atoms with Crippen LogP contribution in [0.15, 0.2) is 34.1 Å². The van der Waals surface area contributed by atoms with Crippen LogP contribution in [0.4, 0.5) is 0 Å². The Hall–Kier alpha value is -1.13. The van der Waals surface area contributed by atoms with E-state index >= 15 is 0 Å². The molecule has 0 amide bonds. The molecule has 0 bridgehead atoms. The van der Waals surface area contributed by atoms with Gasteiger partial charge in [-0.05, 0) is 46.6 Å². The number of phenols is 1. The Morgan fingerprint density at radius 3 is 2.69 bits per heavy atom. The second-order valence-electron chi connectivity index (χ2n) is 3.45. The number of benzene rings is 1. The Labute approximate surface area is 106 Å². The lowest BCUT2D eigenvalue weighted by Crippen LogP contribution is -1.97. The summed E-state index contributed by atoms with van der Waals surface area (Å²) in [4.78, 5) is 12.7. The molecule has 0 saturated heterocycles. The van der Waals surface area contributed by atoms with Gasteiger partial charge < -0.3 is 5.11 Å². The summed E-state index contributed by atoms with van der Waals surface area (Å²) in [5.41, 5.74) is 1.56. The second-order valence-corrected chi connectivity index (χ2v) is 5.82. The van der Waals surface area contributed by atoms with Crippen molar-refractivity contribution in [1.29, 1.82) is 0 Å². The molecule has 2 nitrogen and oxygen atoms in total. The summed E-state index contributed by atoms with van der Waals surface area (Å²) in [6, 6.07) is 8.24. The van der Waals surface area contributed by atoms with Gasteiger partial charge in [-0.3, -0.25) is 4.79 Å². The number of hydrogen-bond donors (Lipinski definition) is 1. The molecule has 0 aliphatic rings. The number of ketones is 1. The highest BCUT2D eigenvalue weighted by Gasteiger charge is 2.13. The van der Waals surface area contributed by atoms with Crippen molar-refractivity contribution >= 4 is 33.0 Å². The molecular formula is C12H9BrO2S. The van der Waals surface area contributed by atoms with E-state index in [-0.39, 0.29) is 11.5 Å². The van der Waals surface area contributed by atoms with E-state index in [2.05, 4.69) is 15.9 Å². The average molecular weight is 297 g/mol. The Morgan fingerprint density at radius 2 is 2.12 bits per heavy atom. The van der Waals surface area contributed by atoms with Gasteiger partial charge in [-0.1, -0.05) is 12.1 Å². The zero-order chi connectivity index (χ0) is 11.7. The van der Waals surface area contributed by atoms with Crippen LogP contribution in [0.2, 0.25) is 0 Å². The van der Waals surface area contributed by atoms with Gasteiger partial charge in [0.2, 0.25) is 5.78 Å². The SMILES string of the molecule is Cc1cc(C(=O)c2cccc(O)c2)sc1Br. The van der Waals surface area contributed by atoms with Gasteiger partial charge in [0.15, 0.2) is 0 Å². The predicted molar refractivity (Wildman–Crippen MR) is 68.3 cm³/mol. The van der Waals surface area contributed by atoms with E-state index in [1.165, 1.54) is 17.4 Å². The van der Waals surface area contributed by atoms with Crippen molar-refractivity contribution in [2.45, 2.75) is 6.92 Å². The number of halogens is 1. The Kier molecular flexibility index (Phi) is 3.12. The number of aromatic hydroxyl groups is 1. The van der Waals surface area contributed by atoms with Crippen molar-refractivity contribution in [2.75, 3.05) is 0 Å². The third-order valence-corrected chi connectivity index (χ3v) is 4.32. The van der Waals surface area contributed by atoms with E-state index in [0.29, 0.717) is 10.4 Å². The van der Waals surface area contributed by atoms with Crippen molar-refractivity contribution in [3.8, 4) is 5.75 Å². The van der Waals surface area contributed by atoms with Gasteiger partial charge in [0.25, 0.3) is 0 Å². The van der Waals surface area contributed by atoms with Crippen LogP contribution >= 0.6 is 27.3 Å². The minimum absolute atomic E-state index is 0.0605. The minimum atomic E-state index is -0.0605.